The molecule has 1 aliphatic heterocycles. The first kappa shape index (κ1) is 16.8. The molecular weight excluding hydrogens is 284 g/mol. The van der Waals surface area contributed by atoms with E-state index in [9.17, 15) is 0 Å². The van der Waals surface area contributed by atoms with Crippen LogP contribution in [0.1, 0.15) is 38.3 Å². The molecule has 0 saturated carbocycles. The molecule has 4 heteroatoms. The topological polar surface area (TPSA) is 24.5 Å². The lowest BCUT2D eigenvalue weighted by Crippen LogP contribution is -2.49. The fraction of sp³-hybridized carbons (Fsp3) is 0.647. The summed E-state index contributed by atoms with van der Waals surface area (Å²) in [4.78, 5) is 2.56. The predicted octanol–water partition coefficient (Wildman–Crippen LogP) is 3.49. The van der Waals surface area contributed by atoms with Crippen molar-refractivity contribution >= 4 is 11.6 Å². The molecule has 1 fully saturated rings. The van der Waals surface area contributed by atoms with Crippen LogP contribution in [0.5, 0.6) is 0 Å². The summed E-state index contributed by atoms with van der Waals surface area (Å²) in [6, 6.07) is 8.96. The van der Waals surface area contributed by atoms with Crippen molar-refractivity contribution in [2.75, 3.05) is 26.7 Å². The Balaban J connectivity index is 1.97. The number of hydrogen-bond donors (Lipinski definition) is 1. The molecule has 2 rings (SSSR count). The molecule has 1 aromatic carbocycles. The van der Waals surface area contributed by atoms with E-state index in [1.165, 1.54) is 5.56 Å². The second-order valence-corrected chi connectivity index (χ2v) is 6.26. The maximum atomic E-state index is 6.32. The number of ether oxygens (including phenoxy) is 1. The maximum absolute atomic E-state index is 6.32. The van der Waals surface area contributed by atoms with Gasteiger partial charge in [0.1, 0.15) is 0 Å². The third kappa shape index (κ3) is 4.43. The highest BCUT2D eigenvalue weighted by atomic mass is 35.5. The number of morpholine rings is 1. The van der Waals surface area contributed by atoms with E-state index in [4.69, 9.17) is 16.3 Å². The van der Waals surface area contributed by atoms with Gasteiger partial charge in [0.25, 0.3) is 0 Å². The molecule has 3 unspecified atom stereocenters. The standard InChI is InChI=1S/C17H27ClN2O/c1-4-14-12-21-13(2)11-20(14)10-9-17(19-3)15-7-5-6-8-16(15)18/h5-8,13-14,17,19H,4,9-12H2,1-3H3. The van der Waals surface area contributed by atoms with E-state index in [2.05, 4.69) is 36.2 Å². The Bertz CT molecular complexity index is 441. The van der Waals surface area contributed by atoms with Gasteiger partial charge in [-0.3, -0.25) is 4.90 Å². The normalized spacial score (nSPS) is 25.0. The quantitative estimate of drug-likeness (QED) is 0.870. The van der Waals surface area contributed by atoms with Gasteiger partial charge in [-0.2, -0.15) is 0 Å². The van der Waals surface area contributed by atoms with Crippen LogP contribution in [0.25, 0.3) is 0 Å². The summed E-state index contributed by atoms with van der Waals surface area (Å²) < 4.78 is 5.77. The SMILES string of the molecule is CCC1COC(C)CN1CCC(NC)c1ccccc1Cl. The monoisotopic (exact) mass is 310 g/mol. The summed E-state index contributed by atoms with van der Waals surface area (Å²) >= 11 is 6.32. The third-order valence-corrected chi connectivity index (χ3v) is 4.73. The third-order valence-electron chi connectivity index (χ3n) is 4.39. The number of nitrogens with one attached hydrogen (secondary N) is 1. The first-order valence-electron chi connectivity index (χ1n) is 7.93. The molecular formula is C17H27ClN2O. The van der Waals surface area contributed by atoms with Crippen molar-refractivity contribution < 1.29 is 4.74 Å². The summed E-state index contributed by atoms with van der Waals surface area (Å²) in [5.74, 6) is 0. The Labute approximate surface area is 133 Å². The highest BCUT2D eigenvalue weighted by Gasteiger charge is 2.26. The predicted molar refractivity (Wildman–Crippen MR) is 88.9 cm³/mol. The smallest absolute Gasteiger partial charge is 0.0674 e. The number of benzene rings is 1. The van der Waals surface area contributed by atoms with E-state index >= 15 is 0 Å². The lowest BCUT2D eigenvalue weighted by atomic mass is 10.0. The van der Waals surface area contributed by atoms with Crippen molar-refractivity contribution in [3.05, 3.63) is 34.9 Å². The molecule has 1 heterocycles. The number of hydrogen-bond acceptors (Lipinski definition) is 3. The first-order valence-corrected chi connectivity index (χ1v) is 8.30. The van der Waals surface area contributed by atoms with E-state index in [0.717, 1.165) is 37.6 Å². The van der Waals surface area contributed by atoms with Crippen molar-refractivity contribution in [3.8, 4) is 0 Å². The Hall–Kier alpha value is -0.610. The van der Waals surface area contributed by atoms with Crippen LogP contribution in [0, 0.1) is 0 Å². The summed E-state index contributed by atoms with van der Waals surface area (Å²) in [5.41, 5.74) is 1.19. The number of halogens is 1. The van der Waals surface area contributed by atoms with Crippen LogP contribution in [0.2, 0.25) is 5.02 Å². The van der Waals surface area contributed by atoms with E-state index in [1.807, 2.05) is 19.2 Å². The van der Waals surface area contributed by atoms with E-state index < -0.39 is 0 Å². The van der Waals surface area contributed by atoms with Crippen molar-refractivity contribution in [1.82, 2.24) is 10.2 Å². The molecule has 0 aromatic heterocycles. The fourth-order valence-corrected chi connectivity index (χ4v) is 3.34. The van der Waals surface area contributed by atoms with Gasteiger partial charge in [0.15, 0.2) is 0 Å². The van der Waals surface area contributed by atoms with Crippen LogP contribution in [0.3, 0.4) is 0 Å². The second kappa shape index (κ2) is 8.14. The summed E-state index contributed by atoms with van der Waals surface area (Å²) in [7, 11) is 2.01. The van der Waals surface area contributed by atoms with Crippen molar-refractivity contribution in [2.24, 2.45) is 0 Å². The second-order valence-electron chi connectivity index (χ2n) is 5.85. The van der Waals surface area contributed by atoms with Crippen LogP contribution < -0.4 is 5.32 Å². The highest BCUT2D eigenvalue weighted by Crippen LogP contribution is 2.26. The molecule has 3 atom stereocenters. The van der Waals surface area contributed by atoms with Gasteiger partial charge in [0.2, 0.25) is 0 Å². The Morgan fingerprint density at radius 2 is 2.19 bits per heavy atom. The minimum absolute atomic E-state index is 0.300. The maximum Gasteiger partial charge on any atom is 0.0674 e. The molecule has 118 valence electrons. The zero-order valence-corrected chi connectivity index (χ0v) is 14.1. The van der Waals surface area contributed by atoms with Gasteiger partial charge in [-0.05, 0) is 38.4 Å². The van der Waals surface area contributed by atoms with E-state index in [-0.39, 0.29) is 0 Å². The average Bonchev–Trinajstić information content (AvgIpc) is 2.49. The van der Waals surface area contributed by atoms with Gasteiger partial charge >= 0.3 is 0 Å². The van der Waals surface area contributed by atoms with Gasteiger partial charge in [-0.1, -0.05) is 36.7 Å². The van der Waals surface area contributed by atoms with E-state index in [0.29, 0.717) is 18.2 Å². The van der Waals surface area contributed by atoms with Gasteiger partial charge < -0.3 is 10.1 Å². The van der Waals surface area contributed by atoms with Crippen LogP contribution in [-0.2, 0) is 4.74 Å². The minimum Gasteiger partial charge on any atom is -0.376 e. The van der Waals surface area contributed by atoms with Crippen LogP contribution >= 0.6 is 11.6 Å². The lowest BCUT2D eigenvalue weighted by molar-refractivity contribution is -0.0566. The number of nitrogens with zero attached hydrogens (tertiary/aromatic N) is 1. The van der Waals surface area contributed by atoms with Gasteiger partial charge in [-0.25, -0.2) is 0 Å². The summed E-state index contributed by atoms with van der Waals surface area (Å²) in [5, 5.41) is 4.25. The van der Waals surface area contributed by atoms with Crippen molar-refractivity contribution in [1.29, 1.82) is 0 Å². The summed E-state index contributed by atoms with van der Waals surface area (Å²) in [6.07, 6.45) is 2.54. The minimum atomic E-state index is 0.300. The van der Waals surface area contributed by atoms with Crippen LogP contribution in [0.15, 0.2) is 24.3 Å². The fourth-order valence-electron chi connectivity index (χ4n) is 3.07. The highest BCUT2D eigenvalue weighted by molar-refractivity contribution is 6.31. The van der Waals surface area contributed by atoms with Gasteiger partial charge in [0.05, 0.1) is 12.7 Å². The molecule has 21 heavy (non-hydrogen) atoms. The van der Waals surface area contributed by atoms with Crippen molar-refractivity contribution in [3.63, 3.8) is 0 Å². The lowest BCUT2D eigenvalue weighted by Gasteiger charge is -2.39. The molecule has 0 aliphatic carbocycles. The van der Waals surface area contributed by atoms with Crippen molar-refractivity contribution in [2.45, 2.75) is 44.9 Å². The van der Waals surface area contributed by atoms with E-state index in [1.54, 1.807) is 0 Å². The van der Waals surface area contributed by atoms with Gasteiger partial charge in [-0.15, -0.1) is 0 Å². The summed E-state index contributed by atoms with van der Waals surface area (Å²) in [6.45, 7) is 7.34. The molecule has 0 bridgehead atoms. The molecule has 1 N–H and O–H groups in total. The molecule has 1 aromatic rings. The molecule has 1 saturated heterocycles. The average molecular weight is 311 g/mol. The van der Waals surface area contributed by atoms with Crippen LogP contribution in [-0.4, -0.2) is 43.8 Å². The molecule has 0 spiro atoms. The zero-order chi connectivity index (χ0) is 15.2. The molecule has 3 nitrogen and oxygen atoms in total. The molecule has 0 radical (unpaired) electrons. The molecule has 0 amide bonds. The first-order chi connectivity index (χ1) is 10.2. The number of rotatable bonds is 6. The molecule has 1 aliphatic rings. The van der Waals surface area contributed by atoms with Crippen LogP contribution in [0.4, 0.5) is 0 Å². The Morgan fingerprint density at radius 3 is 2.86 bits per heavy atom. The zero-order valence-electron chi connectivity index (χ0n) is 13.3. The Kier molecular flexibility index (Phi) is 6.49. The largest absolute Gasteiger partial charge is 0.376 e. The Morgan fingerprint density at radius 1 is 1.43 bits per heavy atom. The van der Waals surface area contributed by atoms with Gasteiger partial charge in [0, 0.05) is 30.2 Å².